The summed E-state index contributed by atoms with van der Waals surface area (Å²) >= 11 is 0. The van der Waals surface area contributed by atoms with Crippen LogP contribution in [0.15, 0.2) is 36.7 Å². The number of hydrogen-bond acceptors (Lipinski definition) is 3. The highest BCUT2D eigenvalue weighted by Gasteiger charge is 2.37. The zero-order valence-electron chi connectivity index (χ0n) is 15.0. The Hall–Kier alpha value is -2.63. The number of carbonyl (C=O) groups is 2. The summed E-state index contributed by atoms with van der Waals surface area (Å²) in [6.07, 6.45) is 6.26. The number of amides is 2. The van der Waals surface area contributed by atoms with Crippen LogP contribution in [0.25, 0.3) is 0 Å². The number of aryl methyl sites for hydroxylation is 2. The Labute approximate surface area is 153 Å². The summed E-state index contributed by atoms with van der Waals surface area (Å²) in [7, 11) is 0. The molecule has 1 aromatic carbocycles. The minimum atomic E-state index is -0.0809. The van der Waals surface area contributed by atoms with Gasteiger partial charge in [0.1, 0.15) is 5.82 Å². The lowest BCUT2D eigenvalue weighted by Crippen LogP contribution is -2.41. The van der Waals surface area contributed by atoms with Crippen LogP contribution in [0.1, 0.15) is 29.8 Å². The molecule has 1 aliphatic heterocycles. The molecule has 6 nitrogen and oxygen atoms in total. The van der Waals surface area contributed by atoms with E-state index in [4.69, 9.17) is 0 Å². The summed E-state index contributed by atoms with van der Waals surface area (Å²) in [6.45, 7) is 3.15. The first kappa shape index (κ1) is 16.8. The average molecular weight is 352 g/mol. The molecule has 0 unspecified atom stereocenters. The first-order valence-corrected chi connectivity index (χ1v) is 9.23. The Kier molecular flexibility index (Phi) is 4.49. The molecule has 0 radical (unpaired) electrons. The maximum Gasteiger partial charge on any atom is 0.225 e. The number of benzene rings is 1. The van der Waals surface area contributed by atoms with Crippen molar-refractivity contribution < 1.29 is 9.59 Å². The van der Waals surface area contributed by atoms with Crippen LogP contribution < -0.4 is 5.32 Å². The predicted molar refractivity (Wildman–Crippen MR) is 97.5 cm³/mol. The number of likely N-dealkylation sites (tertiary alicyclic amines) is 1. The number of imidazole rings is 1. The SMILES string of the molecule is Cc1nccn1CCC(=O)N[C@H]1CC(=O)N(C2Cc3ccccc3C2)C1. The van der Waals surface area contributed by atoms with E-state index in [2.05, 4.69) is 34.6 Å². The van der Waals surface area contributed by atoms with Crippen LogP contribution in [0.5, 0.6) is 0 Å². The summed E-state index contributed by atoms with van der Waals surface area (Å²) in [5.74, 6) is 1.05. The van der Waals surface area contributed by atoms with E-state index in [0.29, 0.717) is 25.9 Å². The zero-order valence-corrected chi connectivity index (χ0v) is 15.0. The molecule has 26 heavy (non-hydrogen) atoms. The van der Waals surface area contributed by atoms with Gasteiger partial charge in [0.2, 0.25) is 11.8 Å². The summed E-state index contributed by atoms with van der Waals surface area (Å²) in [4.78, 5) is 30.8. The topological polar surface area (TPSA) is 67.2 Å². The van der Waals surface area contributed by atoms with Gasteiger partial charge in [0, 0.05) is 44.4 Å². The van der Waals surface area contributed by atoms with Gasteiger partial charge in [-0.05, 0) is 30.9 Å². The molecule has 1 N–H and O–H groups in total. The lowest BCUT2D eigenvalue weighted by atomic mass is 10.1. The minimum absolute atomic E-state index is 0.00698. The van der Waals surface area contributed by atoms with Crippen LogP contribution in [-0.2, 0) is 29.0 Å². The van der Waals surface area contributed by atoms with Crippen LogP contribution in [0, 0.1) is 6.92 Å². The van der Waals surface area contributed by atoms with E-state index >= 15 is 0 Å². The Morgan fingerprint density at radius 3 is 2.62 bits per heavy atom. The fourth-order valence-corrected chi connectivity index (χ4v) is 4.10. The van der Waals surface area contributed by atoms with E-state index in [-0.39, 0.29) is 23.9 Å². The minimum Gasteiger partial charge on any atom is -0.351 e. The smallest absolute Gasteiger partial charge is 0.225 e. The van der Waals surface area contributed by atoms with E-state index in [9.17, 15) is 9.59 Å². The van der Waals surface area contributed by atoms with Crippen molar-refractivity contribution in [3.63, 3.8) is 0 Å². The van der Waals surface area contributed by atoms with Crippen LogP contribution in [0.2, 0.25) is 0 Å². The molecule has 0 spiro atoms. The number of nitrogens with zero attached hydrogens (tertiary/aromatic N) is 3. The maximum absolute atomic E-state index is 12.5. The number of nitrogens with one attached hydrogen (secondary N) is 1. The van der Waals surface area contributed by atoms with Crippen molar-refractivity contribution in [1.82, 2.24) is 19.8 Å². The van der Waals surface area contributed by atoms with Crippen LogP contribution in [0.3, 0.4) is 0 Å². The highest BCUT2D eigenvalue weighted by Crippen LogP contribution is 2.28. The Morgan fingerprint density at radius 2 is 1.96 bits per heavy atom. The van der Waals surface area contributed by atoms with Crippen LogP contribution in [0.4, 0.5) is 0 Å². The molecule has 2 aromatic rings. The summed E-state index contributed by atoms with van der Waals surface area (Å²) in [5, 5.41) is 3.03. The van der Waals surface area contributed by atoms with Gasteiger partial charge in [0.05, 0.1) is 6.04 Å². The average Bonchev–Trinajstić information content (AvgIpc) is 3.31. The monoisotopic (exact) mass is 352 g/mol. The molecule has 1 aliphatic carbocycles. The highest BCUT2D eigenvalue weighted by molar-refractivity contribution is 5.82. The molecule has 6 heteroatoms. The van der Waals surface area contributed by atoms with Crippen molar-refractivity contribution in [2.45, 2.75) is 51.2 Å². The van der Waals surface area contributed by atoms with Crippen molar-refractivity contribution >= 4 is 11.8 Å². The van der Waals surface area contributed by atoms with Gasteiger partial charge < -0.3 is 14.8 Å². The number of fused-ring (bicyclic) bond motifs is 1. The highest BCUT2D eigenvalue weighted by atomic mass is 16.2. The molecule has 1 saturated heterocycles. The predicted octanol–water partition coefficient (Wildman–Crippen LogP) is 1.47. The number of hydrogen-bond donors (Lipinski definition) is 1. The largest absolute Gasteiger partial charge is 0.351 e. The fourth-order valence-electron chi connectivity index (χ4n) is 4.10. The van der Waals surface area contributed by atoms with Crippen molar-refractivity contribution in [3.8, 4) is 0 Å². The van der Waals surface area contributed by atoms with Crippen molar-refractivity contribution in [3.05, 3.63) is 53.6 Å². The second kappa shape index (κ2) is 6.94. The van der Waals surface area contributed by atoms with Gasteiger partial charge in [-0.15, -0.1) is 0 Å². The van der Waals surface area contributed by atoms with Crippen molar-refractivity contribution in [1.29, 1.82) is 0 Å². The van der Waals surface area contributed by atoms with Crippen molar-refractivity contribution in [2.75, 3.05) is 6.54 Å². The second-order valence-electron chi connectivity index (χ2n) is 7.26. The fraction of sp³-hybridized carbons (Fsp3) is 0.450. The third kappa shape index (κ3) is 3.36. The second-order valence-corrected chi connectivity index (χ2v) is 7.26. The van der Waals surface area contributed by atoms with E-state index in [1.807, 2.05) is 22.6 Å². The molecule has 136 valence electrons. The van der Waals surface area contributed by atoms with Gasteiger partial charge in [0.25, 0.3) is 0 Å². The van der Waals surface area contributed by atoms with Gasteiger partial charge in [0.15, 0.2) is 0 Å². The Morgan fingerprint density at radius 1 is 1.23 bits per heavy atom. The molecule has 1 fully saturated rings. The molecule has 0 bridgehead atoms. The van der Waals surface area contributed by atoms with Crippen LogP contribution >= 0.6 is 0 Å². The molecular weight excluding hydrogens is 328 g/mol. The van der Waals surface area contributed by atoms with Crippen LogP contribution in [-0.4, -0.2) is 44.9 Å². The third-order valence-corrected chi connectivity index (χ3v) is 5.50. The standard InChI is InChI=1S/C20H24N4O2/c1-14-21-7-9-23(14)8-6-19(25)22-17-12-20(26)24(13-17)18-10-15-4-2-3-5-16(15)11-18/h2-5,7,9,17-18H,6,8,10-13H2,1H3,(H,22,25)/t17-/m0/s1. The van der Waals surface area contributed by atoms with Gasteiger partial charge >= 0.3 is 0 Å². The molecule has 0 saturated carbocycles. The quantitative estimate of drug-likeness (QED) is 0.886. The maximum atomic E-state index is 12.5. The summed E-state index contributed by atoms with van der Waals surface area (Å²) < 4.78 is 1.96. The van der Waals surface area contributed by atoms with E-state index < -0.39 is 0 Å². The van der Waals surface area contributed by atoms with E-state index in [0.717, 1.165) is 18.7 Å². The molecular formula is C20H24N4O2. The number of aromatic nitrogens is 2. The molecule has 1 atom stereocenters. The summed E-state index contributed by atoms with van der Waals surface area (Å²) in [5.41, 5.74) is 2.68. The first-order valence-electron chi connectivity index (χ1n) is 9.23. The molecule has 1 aromatic heterocycles. The normalized spacial score (nSPS) is 19.8. The lowest BCUT2D eigenvalue weighted by molar-refractivity contribution is -0.129. The zero-order chi connectivity index (χ0) is 18.1. The van der Waals surface area contributed by atoms with E-state index in [1.54, 1.807) is 6.20 Å². The van der Waals surface area contributed by atoms with Crippen molar-refractivity contribution in [2.24, 2.45) is 0 Å². The Bertz CT molecular complexity index is 804. The van der Waals surface area contributed by atoms with Gasteiger partial charge in [-0.3, -0.25) is 9.59 Å². The number of carbonyl (C=O) groups excluding carboxylic acids is 2. The Balaban J connectivity index is 1.29. The first-order chi connectivity index (χ1) is 12.6. The molecule has 2 amide bonds. The van der Waals surface area contributed by atoms with Gasteiger partial charge in [-0.25, -0.2) is 4.98 Å². The lowest BCUT2D eigenvalue weighted by Gasteiger charge is -2.24. The molecule has 2 heterocycles. The summed E-state index contributed by atoms with van der Waals surface area (Å²) in [6, 6.07) is 8.55. The number of rotatable bonds is 5. The molecule has 2 aliphatic rings. The molecule has 4 rings (SSSR count). The van der Waals surface area contributed by atoms with Gasteiger partial charge in [-0.2, -0.15) is 0 Å². The van der Waals surface area contributed by atoms with E-state index in [1.165, 1.54) is 11.1 Å². The third-order valence-electron chi connectivity index (χ3n) is 5.50. The van der Waals surface area contributed by atoms with Gasteiger partial charge in [-0.1, -0.05) is 24.3 Å².